The molecule has 1 unspecified atom stereocenters. The standard InChI is InChI=1S/C22H30BrN5O/c1-3-12-26(18(2)19-7-4-5-8-20(19)23)13-9-21(29)27-14-16-28(17-15-27)22-24-10-6-11-25-22/h4-8,10-11,18H,3,9,12-17H2,1-2H3. The van der Waals surface area contributed by atoms with Gasteiger partial charge in [-0.25, -0.2) is 9.97 Å². The van der Waals surface area contributed by atoms with Crippen molar-refractivity contribution in [3.05, 3.63) is 52.8 Å². The van der Waals surface area contributed by atoms with Crippen molar-refractivity contribution in [3.63, 3.8) is 0 Å². The fourth-order valence-electron chi connectivity index (χ4n) is 3.80. The lowest BCUT2D eigenvalue weighted by Crippen LogP contribution is -2.49. The molecule has 1 fully saturated rings. The summed E-state index contributed by atoms with van der Waals surface area (Å²) in [6.45, 7) is 9.18. The monoisotopic (exact) mass is 459 g/mol. The maximum absolute atomic E-state index is 12.8. The molecular weight excluding hydrogens is 430 g/mol. The lowest BCUT2D eigenvalue weighted by molar-refractivity contribution is -0.132. The lowest BCUT2D eigenvalue weighted by Gasteiger charge is -2.35. The van der Waals surface area contributed by atoms with Gasteiger partial charge < -0.3 is 9.80 Å². The van der Waals surface area contributed by atoms with Crippen molar-refractivity contribution in [2.75, 3.05) is 44.2 Å². The largest absolute Gasteiger partial charge is 0.339 e. The van der Waals surface area contributed by atoms with Crippen LogP contribution in [0.2, 0.25) is 0 Å². The van der Waals surface area contributed by atoms with Crippen LogP contribution in [0.3, 0.4) is 0 Å². The van der Waals surface area contributed by atoms with Crippen LogP contribution >= 0.6 is 15.9 Å². The summed E-state index contributed by atoms with van der Waals surface area (Å²) in [5, 5.41) is 0. The highest BCUT2D eigenvalue weighted by Gasteiger charge is 2.24. The number of amides is 1. The van der Waals surface area contributed by atoms with Crippen LogP contribution in [0.4, 0.5) is 5.95 Å². The van der Waals surface area contributed by atoms with Gasteiger partial charge in [0, 0.05) is 62.1 Å². The molecule has 2 aromatic rings. The molecule has 2 heterocycles. The van der Waals surface area contributed by atoms with Crippen LogP contribution in [0.15, 0.2) is 47.2 Å². The van der Waals surface area contributed by atoms with Crippen molar-refractivity contribution in [3.8, 4) is 0 Å². The molecule has 1 amide bonds. The second-order valence-electron chi connectivity index (χ2n) is 7.40. The van der Waals surface area contributed by atoms with Crippen LogP contribution in [0, 0.1) is 0 Å². The highest BCUT2D eigenvalue weighted by Crippen LogP contribution is 2.27. The number of piperazine rings is 1. The van der Waals surface area contributed by atoms with E-state index in [1.807, 2.05) is 17.0 Å². The van der Waals surface area contributed by atoms with Crippen molar-refractivity contribution < 1.29 is 4.79 Å². The summed E-state index contributed by atoms with van der Waals surface area (Å²) in [5.74, 6) is 0.982. The van der Waals surface area contributed by atoms with Gasteiger partial charge in [0.1, 0.15) is 0 Å². The number of hydrogen-bond acceptors (Lipinski definition) is 5. The third-order valence-corrected chi connectivity index (χ3v) is 6.22. The summed E-state index contributed by atoms with van der Waals surface area (Å²) < 4.78 is 1.12. The summed E-state index contributed by atoms with van der Waals surface area (Å²) >= 11 is 3.67. The van der Waals surface area contributed by atoms with E-state index in [1.54, 1.807) is 12.4 Å². The van der Waals surface area contributed by atoms with E-state index in [4.69, 9.17) is 0 Å². The number of carbonyl (C=O) groups is 1. The minimum atomic E-state index is 0.235. The Morgan fingerprint density at radius 1 is 1.10 bits per heavy atom. The third kappa shape index (κ3) is 5.76. The number of halogens is 1. The van der Waals surface area contributed by atoms with Crippen LogP contribution in [0.5, 0.6) is 0 Å². The predicted octanol–water partition coefficient (Wildman–Crippen LogP) is 3.75. The average molecular weight is 460 g/mol. The molecule has 0 N–H and O–H groups in total. The van der Waals surface area contributed by atoms with Gasteiger partial charge in [0.15, 0.2) is 0 Å². The van der Waals surface area contributed by atoms with Crippen LogP contribution in [-0.2, 0) is 4.79 Å². The molecule has 1 aromatic carbocycles. The number of rotatable bonds is 8. The highest BCUT2D eigenvalue weighted by atomic mass is 79.9. The molecule has 3 rings (SSSR count). The molecule has 0 bridgehead atoms. The smallest absolute Gasteiger partial charge is 0.225 e. The van der Waals surface area contributed by atoms with E-state index < -0.39 is 0 Å². The molecule has 156 valence electrons. The van der Waals surface area contributed by atoms with E-state index in [0.717, 1.165) is 56.1 Å². The van der Waals surface area contributed by atoms with Gasteiger partial charge in [-0.15, -0.1) is 0 Å². The number of anilines is 1. The van der Waals surface area contributed by atoms with Gasteiger partial charge in [-0.2, -0.15) is 0 Å². The second-order valence-corrected chi connectivity index (χ2v) is 8.25. The molecule has 0 radical (unpaired) electrons. The van der Waals surface area contributed by atoms with Gasteiger partial charge in [0.05, 0.1) is 0 Å². The Morgan fingerprint density at radius 2 is 1.79 bits per heavy atom. The normalized spacial score (nSPS) is 15.6. The molecule has 1 aromatic heterocycles. The first-order valence-electron chi connectivity index (χ1n) is 10.4. The number of benzene rings is 1. The Balaban J connectivity index is 1.52. The average Bonchev–Trinajstić information content (AvgIpc) is 2.77. The number of hydrogen-bond donors (Lipinski definition) is 0. The van der Waals surface area contributed by atoms with E-state index >= 15 is 0 Å². The van der Waals surface area contributed by atoms with Gasteiger partial charge in [0.2, 0.25) is 11.9 Å². The molecule has 0 spiro atoms. The quantitative estimate of drug-likeness (QED) is 0.601. The van der Waals surface area contributed by atoms with E-state index in [0.29, 0.717) is 6.42 Å². The Morgan fingerprint density at radius 3 is 2.45 bits per heavy atom. The van der Waals surface area contributed by atoms with Crippen molar-refractivity contribution in [1.29, 1.82) is 0 Å². The summed E-state index contributed by atoms with van der Waals surface area (Å²) in [6, 6.07) is 10.4. The molecule has 1 aliphatic rings. The molecule has 1 saturated heterocycles. The first kappa shape index (κ1) is 21.7. The lowest BCUT2D eigenvalue weighted by atomic mass is 10.1. The van der Waals surface area contributed by atoms with E-state index in [-0.39, 0.29) is 11.9 Å². The van der Waals surface area contributed by atoms with Gasteiger partial charge in [-0.1, -0.05) is 41.1 Å². The zero-order valence-corrected chi connectivity index (χ0v) is 18.9. The molecule has 6 nitrogen and oxygen atoms in total. The Kier molecular flexibility index (Phi) is 8.00. The van der Waals surface area contributed by atoms with Gasteiger partial charge in [-0.3, -0.25) is 9.69 Å². The number of nitrogens with zero attached hydrogens (tertiary/aromatic N) is 5. The molecule has 29 heavy (non-hydrogen) atoms. The molecule has 0 aliphatic carbocycles. The maximum atomic E-state index is 12.8. The second kappa shape index (κ2) is 10.7. The predicted molar refractivity (Wildman–Crippen MR) is 120 cm³/mol. The SMILES string of the molecule is CCCN(CCC(=O)N1CCN(c2ncccn2)CC1)C(C)c1ccccc1Br. The third-order valence-electron chi connectivity index (χ3n) is 5.49. The number of carbonyl (C=O) groups excluding carboxylic acids is 1. The summed E-state index contributed by atoms with van der Waals surface area (Å²) in [6.07, 6.45) is 5.14. The van der Waals surface area contributed by atoms with Crippen LogP contribution < -0.4 is 4.90 Å². The summed E-state index contributed by atoms with van der Waals surface area (Å²) in [5.41, 5.74) is 1.27. The minimum Gasteiger partial charge on any atom is -0.339 e. The zero-order valence-electron chi connectivity index (χ0n) is 17.3. The molecular formula is C22H30BrN5O. The molecule has 7 heteroatoms. The maximum Gasteiger partial charge on any atom is 0.225 e. The first-order chi connectivity index (χ1) is 14.1. The van der Waals surface area contributed by atoms with Gasteiger partial charge in [0.25, 0.3) is 0 Å². The summed E-state index contributed by atoms with van der Waals surface area (Å²) in [7, 11) is 0. The van der Waals surface area contributed by atoms with Crippen molar-refractivity contribution in [2.45, 2.75) is 32.7 Å². The highest BCUT2D eigenvalue weighted by molar-refractivity contribution is 9.10. The van der Waals surface area contributed by atoms with Crippen LogP contribution in [0.25, 0.3) is 0 Å². The van der Waals surface area contributed by atoms with Crippen LogP contribution in [0.1, 0.15) is 38.3 Å². The van der Waals surface area contributed by atoms with Crippen molar-refractivity contribution >= 4 is 27.8 Å². The Labute approximate surface area is 182 Å². The topological polar surface area (TPSA) is 52.6 Å². The number of aromatic nitrogens is 2. The Hall–Kier alpha value is -1.99. The van der Waals surface area contributed by atoms with E-state index in [1.165, 1.54) is 5.56 Å². The van der Waals surface area contributed by atoms with E-state index in [9.17, 15) is 4.79 Å². The van der Waals surface area contributed by atoms with Gasteiger partial charge >= 0.3 is 0 Å². The summed E-state index contributed by atoms with van der Waals surface area (Å²) in [4.78, 5) is 28.0. The molecule has 1 atom stereocenters. The molecule has 1 aliphatic heterocycles. The molecule has 0 saturated carbocycles. The van der Waals surface area contributed by atoms with Gasteiger partial charge in [-0.05, 0) is 37.6 Å². The Bertz CT molecular complexity index is 780. The first-order valence-corrected chi connectivity index (χ1v) is 11.2. The zero-order chi connectivity index (χ0) is 20.6. The van der Waals surface area contributed by atoms with Crippen molar-refractivity contribution in [2.24, 2.45) is 0 Å². The minimum absolute atomic E-state index is 0.235. The fourth-order valence-corrected chi connectivity index (χ4v) is 4.42. The fraction of sp³-hybridized carbons (Fsp3) is 0.500. The van der Waals surface area contributed by atoms with Crippen LogP contribution in [-0.4, -0.2) is 64.9 Å². The van der Waals surface area contributed by atoms with E-state index in [2.05, 4.69) is 67.7 Å². The van der Waals surface area contributed by atoms with Crippen molar-refractivity contribution in [1.82, 2.24) is 19.8 Å².